The molecule has 1 unspecified atom stereocenters. The van der Waals surface area contributed by atoms with Crippen LogP contribution in [0.5, 0.6) is 0 Å². The molecule has 5 heteroatoms. The van der Waals surface area contributed by atoms with Gasteiger partial charge in [-0.3, -0.25) is 4.79 Å². The van der Waals surface area contributed by atoms with Crippen molar-refractivity contribution in [1.82, 2.24) is 4.90 Å². The summed E-state index contributed by atoms with van der Waals surface area (Å²) in [4.78, 5) is 24.0. The molecule has 1 amide bonds. The van der Waals surface area contributed by atoms with Crippen LogP contribution < -0.4 is 0 Å². The van der Waals surface area contributed by atoms with Crippen molar-refractivity contribution in [2.45, 2.75) is 57.0 Å². The number of carbonyl (C=O) groups is 2. The van der Waals surface area contributed by atoms with E-state index in [1.165, 1.54) is 30.6 Å². The Morgan fingerprint density at radius 3 is 2.58 bits per heavy atom. The second kappa shape index (κ2) is 5.88. The lowest BCUT2D eigenvalue weighted by Crippen LogP contribution is -2.38. The molecule has 0 bridgehead atoms. The highest BCUT2D eigenvalue weighted by Crippen LogP contribution is 2.30. The summed E-state index contributed by atoms with van der Waals surface area (Å²) in [6, 6.07) is 0. The number of carboxylic acids is 1. The zero-order chi connectivity index (χ0) is 13.9. The molecule has 0 spiro atoms. The lowest BCUT2D eigenvalue weighted by Gasteiger charge is -2.18. The van der Waals surface area contributed by atoms with Crippen LogP contribution >= 0.6 is 0 Å². The summed E-state index contributed by atoms with van der Waals surface area (Å²) in [5.74, 6) is -0.793. The minimum atomic E-state index is -2.24. The van der Waals surface area contributed by atoms with Crippen LogP contribution in [0.1, 0.15) is 51.4 Å². The van der Waals surface area contributed by atoms with Crippen LogP contribution in [0.3, 0.4) is 0 Å². The Morgan fingerprint density at radius 1 is 1.32 bits per heavy atom. The highest BCUT2D eigenvalue weighted by molar-refractivity contribution is 5.82. The van der Waals surface area contributed by atoms with Gasteiger partial charge in [-0.15, -0.1) is 0 Å². The van der Waals surface area contributed by atoms with E-state index in [-0.39, 0.29) is 25.4 Å². The number of likely N-dealkylation sites (tertiary alicyclic amines) is 1. The van der Waals surface area contributed by atoms with Crippen molar-refractivity contribution in [2.75, 3.05) is 13.1 Å². The average Bonchev–Trinajstić information content (AvgIpc) is 2.99. The van der Waals surface area contributed by atoms with Crippen LogP contribution in [-0.4, -0.2) is 40.6 Å². The summed E-state index contributed by atoms with van der Waals surface area (Å²) in [5, 5.41) is 8.78. The van der Waals surface area contributed by atoms with Crippen molar-refractivity contribution in [3.05, 3.63) is 0 Å². The first kappa shape index (κ1) is 14.3. The molecular weight excluding hydrogens is 249 g/mol. The molecule has 1 saturated carbocycles. The van der Waals surface area contributed by atoms with Gasteiger partial charge in [0.05, 0.1) is 6.54 Å². The maximum absolute atomic E-state index is 13.8. The van der Waals surface area contributed by atoms with E-state index in [2.05, 4.69) is 0 Å². The van der Waals surface area contributed by atoms with Crippen molar-refractivity contribution in [3.8, 4) is 0 Å². The normalized spacial score (nSPS) is 27.9. The van der Waals surface area contributed by atoms with Gasteiger partial charge in [0.25, 0.3) is 0 Å². The number of hydrogen-bond donors (Lipinski definition) is 1. The molecule has 2 fully saturated rings. The van der Waals surface area contributed by atoms with Gasteiger partial charge in [0.1, 0.15) is 0 Å². The predicted octanol–water partition coefficient (Wildman–Crippen LogP) is 2.37. The summed E-state index contributed by atoms with van der Waals surface area (Å²) < 4.78 is 13.8. The zero-order valence-electron chi connectivity index (χ0n) is 11.2. The standard InChI is InChI=1S/C14H22FNO3/c15-14(13(18)19)8-9-16(10-14)12(17)7-3-6-11-4-1-2-5-11/h11H,1-10H2,(H,18,19). The third-order valence-corrected chi connectivity index (χ3v) is 4.43. The van der Waals surface area contributed by atoms with Gasteiger partial charge in [-0.2, -0.15) is 0 Å². The Labute approximate surface area is 113 Å². The molecule has 1 aliphatic heterocycles. The second-order valence-corrected chi connectivity index (χ2v) is 5.88. The predicted molar refractivity (Wildman–Crippen MR) is 68.5 cm³/mol. The van der Waals surface area contributed by atoms with E-state index in [0.29, 0.717) is 6.42 Å². The molecule has 0 aromatic rings. The fourth-order valence-electron chi connectivity index (χ4n) is 3.16. The Kier molecular flexibility index (Phi) is 4.42. The van der Waals surface area contributed by atoms with Gasteiger partial charge in [0.2, 0.25) is 11.6 Å². The number of hydrogen-bond acceptors (Lipinski definition) is 2. The molecule has 0 aromatic heterocycles. The largest absolute Gasteiger partial charge is 0.479 e. The fourth-order valence-corrected chi connectivity index (χ4v) is 3.16. The SMILES string of the molecule is O=C(CCCC1CCCC1)N1CCC(F)(C(=O)O)C1. The molecule has 2 rings (SSSR count). The molecule has 1 saturated heterocycles. The quantitative estimate of drug-likeness (QED) is 0.835. The maximum Gasteiger partial charge on any atom is 0.343 e. The van der Waals surface area contributed by atoms with Crippen LogP contribution in [0.2, 0.25) is 0 Å². The van der Waals surface area contributed by atoms with E-state index in [4.69, 9.17) is 5.11 Å². The van der Waals surface area contributed by atoms with Crippen molar-refractivity contribution < 1.29 is 19.1 Å². The number of aliphatic carboxylic acids is 1. The summed E-state index contributed by atoms with van der Waals surface area (Å²) in [6.07, 6.45) is 7.38. The molecule has 1 heterocycles. The number of rotatable bonds is 5. The first-order valence-corrected chi connectivity index (χ1v) is 7.21. The molecule has 1 atom stereocenters. The summed E-state index contributed by atoms with van der Waals surface area (Å²) in [5.41, 5.74) is -2.24. The van der Waals surface area contributed by atoms with Gasteiger partial charge in [-0.25, -0.2) is 9.18 Å². The molecular formula is C14H22FNO3. The van der Waals surface area contributed by atoms with Crippen LogP contribution in [0.4, 0.5) is 4.39 Å². The first-order valence-electron chi connectivity index (χ1n) is 7.21. The van der Waals surface area contributed by atoms with E-state index >= 15 is 0 Å². The molecule has 2 aliphatic rings. The number of halogens is 1. The van der Waals surface area contributed by atoms with Gasteiger partial charge in [0.15, 0.2) is 0 Å². The number of carbonyl (C=O) groups excluding carboxylic acids is 1. The molecule has 1 N–H and O–H groups in total. The van der Waals surface area contributed by atoms with Gasteiger partial charge in [-0.1, -0.05) is 25.7 Å². The Hall–Kier alpha value is -1.13. The van der Waals surface area contributed by atoms with Crippen molar-refractivity contribution in [2.24, 2.45) is 5.92 Å². The lowest BCUT2D eigenvalue weighted by molar-refractivity contribution is -0.150. The topological polar surface area (TPSA) is 57.6 Å². The zero-order valence-corrected chi connectivity index (χ0v) is 11.2. The molecule has 1 aliphatic carbocycles. The van der Waals surface area contributed by atoms with Crippen LogP contribution in [0.25, 0.3) is 0 Å². The van der Waals surface area contributed by atoms with Gasteiger partial charge < -0.3 is 10.0 Å². The van der Waals surface area contributed by atoms with Crippen molar-refractivity contribution in [3.63, 3.8) is 0 Å². The monoisotopic (exact) mass is 271 g/mol. The van der Waals surface area contributed by atoms with Crippen LogP contribution in [0, 0.1) is 5.92 Å². The number of amides is 1. The van der Waals surface area contributed by atoms with Gasteiger partial charge in [-0.05, 0) is 18.8 Å². The maximum atomic E-state index is 13.8. The Balaban J connectivity index is 1.70. The number of alkyl halides is 1. The number of carboxylic acid groups (broad SMARTS) is 1. The minimum Gasteiger partial charge on any atom is -0.479 e. The van der Waals surface area contributed by atoms with Crippen LogP contribution in [-0.2, 0) is 9.59 Å². The smallest absolute Gasteiger partial charge is 0.343 e. The van der Waals surface area contributed by atoms with Gasteiger partial charge in [0, 0.05) is 19.4 Å². The summed E-state index contributed by atoms with van der Waals surface area (Å²) in [6.45, 7) is -0.0599. The highest BCUT2D eigenvalue weighted by Gasteiger charge is 2.46. The highest BCUT2D eigenvalue weighted by atomic mass is 19.1. The molecule has 0 radical (unpaired) electrons. The Morgan fingerprint density at radius 2 is 2.00 bits per heavy atom. The second-order valence-electron chi connectivity index (χ2n) is 5.88. The molecule has 0 aromatic carbocycles. The third kappa shape index (κ3) is 3.45. The summed E-state index contributed by atoms with van der Waals surface area (Å²) >= 11 is 0. The minimum absolute atomic E-state index is 0.0866. The fraction of sp³-hybridized carbons (Fsp3) is 0.857. The third-order valence-electron chi connectivity index (χ3n) is 4.43. The van der Waals surface area contributed by atoms with Gasteiger partial charge >= 0.3 is 5.97 Å². The average molecular weight is 271 g/mol. The van der Waals surface area contributed by atoms with Crippen molar-refractivity contribution >= 4 is 11.9 Å². The van der Waals surface area contributed by atoms with E-state index < -0.39 is 11.6 Å². The van der Waals surface area contributed by atoms with Crippen molar-refractivity contribution in [1.29, 1.82) is 0 Å². The van der Waals surface area contributed by atoms with Crippen LogP contribution in [0.15, 0.2) is 0 Å². The van der Waals surface area contributed by atoms with E-state index in [1.807, 2.05) is 0 Å². The summed E-state index contributed by atoms with van der Waals surface area (Å²) in [7, 11) is 0. The lowest BCUT2D eigenvalue weighted by atomic mass is 10.0. The van der Waals surface area contributed by atoms with E-state index in [9.17, 15) is 14.0 Å². The first-order chi connectivity index (χ1) is 9.01. The molecule has 4 nitrogen and oxygen atoms in total. The number of nitrogens with zero attached hydrogens (tertiary/aromatic N) is 1. The van der Waals surface area contributed by atoms with E-state index in [1.54, 1.807) is 0 Å². The Bertz CT molecular complexity index is 355. The molecule has 108 valence electrons. The van der Waals surface area contributed by atoms with E-state index in [0.717, 1.165) is 18.8 Å². The molecule has 19 heavy (non-hydrogen) atoms.